The van der Waals surface area contributed by atoms with Crippen molar-refractivity contribution in [3.63, 3.8) is 0 Å². The van der Waals surface area contributed by atoms with E-state index in [1.807, 2.05) is 0 Å². The number of esters is 3. The van der Waals surface area contributed by atoms with Crippen molar-refractivity contribution in [2.24, 2.45) is 0 Å². The Labute approximate surface area is 469 Å². The Morgan fingerprint density at radius 3 is 1.25 bits per heavy atom. The number of ether oxygens (including phenoxy) is 5. The van der Waals surface area contributed by atoms with Gasteiger partial charge in [-0.15, -0.1) is 0 Å². The molecule has 0 spiro atoms. The second-order valence-electron chi connectivity index (χ2n) is 21.7. The second kappa shape index (κ2) is 53.3. The van der Waals surface area contributed by atoms with Crippen LogP contribution in [0, 0.1) is 0 Å². The topological polar surface area (TPSA) is 175 Å². The predicted molar refractivity (Wildman–Crippen MR) is 312 cm³/mol. The highest BCUT2D eigenvalue weighted by atomic mass is 16.7. The minimum Gasteiger partial charge on any atom is -0.479 e. The minimum atomic E-state index is -1.91. The van der Waals surface area contributed by atoms with Crippen LogP contribution in [0.15, 0.2) is 48.6 Å². The van der Waals surface area contributed by atoms with Gasteiger partial charge in [0.15, 0.2) is 24.6 Å². The smallest absolute Gasteiger partial charge is 0.335 e. The SMILES string of the molecule is CCCC/C=C\CCCCCCCC(=O)OC(COC(=O)CCCCCCCCCCC/C=C\CCCCCCCC)COC1OC(C(=O)O)C(O)C(O)C1OC(=O)CCCCCCCCC/C=C\C/C=C\CCCCC. The van der Waals surface area contributed by atoms with E-state index in [2.05, 4.69) is 69.4 Å². The van der Waals surface area contributed by atoms with E-state index in [9.17, 15) is 34.5 Å². The van der Waals surface area contributed by atoms with Crippen molar-refractivity contribution in [3.05, 3.63) is 48.6 Å². The highest BCUT2D eigenvalue weighted by Crippen LogP contribution is 2.27. The number of aliphatic hydroxyl groups is 2. The first-order valence-electron chi connectivity index (χ1n) is 31.6. The van der Waals surface area contributed by atoms with Gasteiger partial charge in [0.05, 0.1) is 6.61 Å². The summed E-state index contributed by atoms with van der Waals surface area (Å²) in [5, 5.41) is 31.5. The Hall–Kier alpha value is -3.32. The Morgan fingerprint density at radius 1 is 0.429 bits per heavy atom. The van der Waals surface area contributed by atoms with Gasteiger partial charge in [-0.25, -0.2) is 4.79 Å². The number of carboxylic acid groups (broad SMARTS) is 1. The fraction of sp³-hybridized carbons (Fsp3) is 0.815. The molecule has 6 unspecified atom stereocenters. The van der Waals surface area contributed by atoms with E-state index >= 15 is 0 Å². The van der Waals surface area contributed by atoms with Crippen LogP contribution in [-0.4, -0.2) is 89.2 Å². The zero-order valence-corrected chi connectivity index (χ0v) is 49.2. The van der Waals surface area contributed by atoms with Gasteiger partial charge in [0, 0.05) is 19.3 Å². The van der Waals surface area contributed by atoms with Crippen molar-refractivity contribution in [1.29, 1.82) is 0 Å². The lowest BCUT2D eigenvalue weighted by Gasteiger charge is -2.40. The maximum atomic E-state index is 13.1. The van der Waals surface area contributed by atoms with Gasteiger partial charge in [0.1, 0.15) is 18.8 Å². The zero-order valence-electron chi connectivity index (χ0n) is 49.2. The van der Waals surface area contributed by atoms with E-state index < -0.39 is 67.3 Å². The summed E-state index contributed by atoms with van der Waals surface area (Å²) >= 11 is 0. The Morgan fingerprint density at radius 2 is 0.792 bits per heavy atom. The van der Waals surface area contributed by atoms with E-state index in [4.69, 9.17) is 23.7 Å². The van der Waals surface area contributed by atoms with Crippen LogP contribution in [0.25, 0.3) is 0 Å². The van der Waals surface area contributed by atoms with Crippen LogP contribution >= 0.6 is 0 Å². The molecule has 1 saturated heterocycles. The molecule has 0 bridgehead atoms. The van der Waals surface area contributed by atoms with Gasteiger partial charge in [0.2, 0.25) is 0 Å². The van der Waals surface area contributed by atoms with Crippen molar-refractivity contribution < 1.29 is 58.2 Å². The summed E-state index contributed by atoms with van der Waals surface area (Å²) in [6, 6.07) is 0. The van der Waals surface area contributed by atoms with Crippen molar-refractivity contribution in [3.8, 4) is 0 Å². The first-order valence-corrected chi connectivity index (χ1v) is 31.6. The number of carbonyl (C=O) groups is 4. The fourth-order valence-electron chi connectivity index (χ4n) is 9.43. The van der Waals surface area contributed by atoms with E-state index in [-0.39, 0.29) is 25.9 Å². The molecule has 0 aromatic rings. The lowest BCUT2D eigenvalue weighted by Crippen LogP contribution is -2.61. The average Bonchev–Trinajstić information content (AvgIpc) is 3.42. The van der Waals surface area contributed by atoms with Crippen molar-refractivity contribution in [2.75, 3.05) is 13.2 Å². The molecule has 1 fully saturated rings. The summed E-state index contributed by atoms with van der Waals surface area (Å²) < 4.78 is 28.5. The molecule has 1 rings (SSSR count). The molecule has 0 aromatic heterocycles. The second-order valence-corrected chi connectivity index (χ2v) is 21.7. The molecular formula is C65H114O12. The van der Waals surface area contributed by atoms with Crippen LogP contribution in [0.3, 0.4) is 0 Å². The number of carboxylic acids is 1. The molecular weight excluding hydrogens is 973 g/mol. The van der Waals surface area contributed by atoms with Gasteiger partial charge in [0.25, 0.3) is 0 Å². The molecule has 12 nitrogen and oxygen atoms in total. The highest BCUT2D eigenvalue weighted by molar-refractivity contribution is 5.74. The van der Waals surface area contributed by atoms with Gasteiger partial charge < -0.3 is 39.0 Å². The number of carbonyl (C=O) groups excluding carboxylic acids is 3. The van der Waals surface area contributed by atoms with Crippen LogP contribution < -0.4 is 0 Å². The molecule has 6 atom stereocenters. The Balaban J connectivity index is 2.63. The van der Waals surface area contributed by atoms with Crippen LogP contribution in [0.1, 0.15) is 290 Å². The van der Waals surface area contributed by atoms with E-state index in [1.54, 1.807) is 0 Å². The summed E-state index contributed by atoms with van der Waals surface area (Å²) in [5.74, 6) is -3.12. The largest absolute Gasteiger partial charge is 0.479 e. The highest BCUT2D eigenvalue weighted by Gasteiger charge is 2.50. The van der Waals surface area contributed by atoms with Crippen LogP contribution in [-0.2, 0) is 42.9 Å². The maximum absolute atomic E-state index is 13.1. The van der Waals surface area contributed by atoms with Gasteiger partial charge in [-0.3, -0.25) is 14.4 Å². The van der Waals surface area contributed by atoms with Gasteiger partial charge in [-0.2, -0.15) is 0 Å². The fourth-order valence-corrected chi connectivity index (χ4v) is 9.43. The van der Waals surface area contributed by atoms with Gasteiger partial charge >= 0.3 is 23.9 Å². The number of hydrogen-bond donors (Lipinski definition) is 3. The summed E-state index contributed by atoms with van der Waals surface area (Å²) in [6.07, 6.45) is 52.2. The number of unbranched alkanes of at least 4 members (excludes halogenated alkanes) is 32. The molecule has 1 aliphatic heterocycles. The molecule has 1 heterocycles. The van der Waals surface area contributed by atoms with Crippen molar-refractivity contribution in [1.82, 2.24) is 0 Å². The summed E-state index contributed by atoms with van der Waals surface area (Å²) in [7, 11) is 0. The molecule has 0 saturated carbocycles. The molecule has 446 valence electrons. The molecule has 0 aromatic carbocycles. The number of allylic oxidation sites excluding steroid dienone is 8. The lowest BCUT2D eigenvalue weighted by atomic mass is 9.98. The van der Waals surface area contributed by atoms with E-state index in [0.29, 0.717) is 19.3 Å². The average molecular weight is 1090 g/mol. The standard InChI is InChI=1S/C65H114O12/c1-4-7-10-13-16-19-22-24-26-28-29-31-32-34-37-39-42-45-48-51-57(66)73-54-56(75-58(67)52-49-46-43-40-36-21-18-15-12-9-6-3)55-74-65-63(61(70)60(69)62(77-65)64(71)72)76-59(68)53-50-47-44-41-38-35-33-30-27-25-23-20-17-14-11-8-5-2/h15,17-18,20,24-27,56,60-63,65,69-70H,4-14,16,19,21-23,28-55H2,1-3H3,(H,71,72)/b18-15-,20-17-,26-24-,27-25-. The number of aliphatic carboxylic acids is 1. The minimum absolute atomic E-state index is 0.0518. The molecule has 0 amide bonds. The van der Waals surface area contributed by atoms with Crippen LogP contribution in [0.2, 0.25) is 0 Å². The summed E-state index contributed by atoms with van der Waals surface area (Å²) in [5.41, 5.74) is 0. The first kappa shape index (κ1) is 71.7. The number of hydrogen-bond acceptors (Lipinski definition) is 11. The number of aliphatic hydroxyl groups excluding tert-OH is 2. The Kier molecular flexibility index (Phi) is 49.7. The molecule has 12 heteroatoms. The first-order chi connectivity index (χ1) is 37.6. The maximum Gasteiger partial charge on any atom is 0.335 e. The molecule has 1 aliphatic rings. The van der Waals surface area contributed by atoms with Crippen molar-refractivity contribution in [2.45, 2.75) is 327 Å². The van der Waals surface area contributed by atoms with Crippen LogP contribution in [0.5, 0.6) is 0 Å². The third kappa shape index (κ3) is 43.2. The van der Waals surface area contributed by atoms with E-state index in [0.717, 1.165) is 116 Å². The quantitative estimate of drug-likeness (QED) is 0.0228. The Bertz CT molecular complexity index is 1520. The summed E-state index contributed by atoms with van der Waals surface area (Å²) in [6.45, 7) is 5.94. The molecule has 3 N–H and O–H groups in total. The number of rotatable bonds is 54. The predicted octanol–water partition coefficient (Wildman–Crippen LogP) is 16.6. The molecule has 0 aliphatic carbocycles. The molecule has 0 radical (unpaired) electrons. The normalized spacial score (nSPS) is 18.3. The third-order valence-corrected chi connectivity index (χ3v) is 14.3. The molecule has 77 heavy (non-hydrogen) atoms. The zero-order chi connectivity index (χ0) is 56.1. The monoisotopic (exact) mass is 1090 g/mol. The van der Waals surface area contributed by atoms with Gasteiger partial charge in [-0.05, 0) is 96.3 Å². The van der Waals surface area contributed by atoms with Crippen LogP contribution in [0.4, 0.5) is 0 Å². The van der Waals surface area contributed by atoms with Gasteiger partial charge in [-0.1, -0.05) is 223 Å². The summed E-state index contributed by atoms with van der Waals surface area (Å²) in [4.78, 5) is 51.2. The lowest BCUT2D eigenvalue weighted by molar-refractivity contribution is -0.301. The van der Waals surface area contributed by atoms with E-state index in [1.165, 1.54) is 116 Å². The third-order valence-electron chi connectivity index (χ3n) is 14.3. The van der Waals surface area contributed by atoms with Crippen molar-refractivity contribution >= 4 is 23.9 Å².